The quantitative estimate of drug-likeness (QED) is 0.570. The molecule has 1 heterocycles. The summed E-state index contributed by atoms with van der Waals surface area (Å²) in [5.74, 6) is 2.73. The number of rotatable bonds is 7. The predicted molar refractivity (Wildman–Crippen MR) is 81.8 cm³/mol. The van der Waals surface area contributed by atoms with E-state index in [4.69, 9.17) is 12.2 Å². The highest BCUT2D eigenvalue weighted by Gasteiger charge is 2.14. The number of anilines is 2. The third-order valence-electron chi connectivity index (χ3n) is 3.12. The fourth-order valence-corrected chi connectivity index (χ4v) is 1.89. The lowest BCUT2D eigenvalue weighted by atomic mass is 10.3. The molecule has 1 aromatic rings. The molecule has 0 saturated carbocycles. The SMILES string of the molecule is C#CCCCNc1c(N)n(CCCC)c(=O)n(C)c1=O. The number of nitrogens with zero attached hydrogens (tertiary/aromatic N) is 2. The normalized spacial score (nSPS) is 10.2. The lowest BCUT2D eigenvalue weighted by molar-refractivity contribution is 0.575. The maximum Gasteiger partial charge on any atom is 0.332 e. The van der Waals surface area contributed by atoms with Gasteiger partial charge in [0, 0.05) is 26.6 Å². The van der Waals surface area contributed by atoms with E-state index in [0.717, 1.165) is 23.8 Å². The maximum absolute atomic E-state index is 12.1. The summed E-state index contributed by atoms with van der Waals surface area (Å²) < 4.78 is 2.52. The van der Waals surface area contributed by atoms with E-state index in [1.54, 1.807) is 0 Å². The Hall–Kier alpha value is -2.16. The first-order valence-corrected chi connectivity index (χ1v) is 6.81. The van der Waals surface area contributed by atoms with Crippen molar-refractivity contribution in [1.82, 2.24) is 9.13 Å². The molecule has 1 aromatic heterocycles. The summed E-state index contributed by atoms with van der Waals surface area (Å²) in [6, 6.07) is 0. The molecule has 0 fully saturated rings. The van der Waals surface area contributed by atoms with Gasteiger partial charge in [-0.2, -0.15) is 0 Å². The molecule has 0 aliphatic carbocycles. The van der Waals surface area contributed by atoms with Gasteiger partial charge in [-0.3, -0.25) is 13.9 Å². The van der Waals surface area contributed by atoms with Crippen molar-refractivity contribution in [2.75, 3.05) is 17.6 Å². The van der Waals surface area contributed by atoms with Crippen LogP contribution in [-0.2, 0) is 13.6 Å². The fraction of sp³-hybridized carbons (Fsp3) is 0.571. The van der Waals surface area contributed by atoms with E-state index in [1.165, 1.54) is 11.6 Å². The maximum atomic E-state index is 12.1. The molecule has 1 rings (SSSR count). The summed E-state index contributed by atoms with van der Waals surface area (Å²) in [5, 5.41) is 2.99. The molecule has 6 heteroatoms. The molecule has 0 aromatic carbocycles. The second-order valence-corrected chi connectivity index (χ2v) is 4.65. The van der Waals surface area contributed by atoms with Crippen LogP contribution in [0.15, 0.2) is 9.59 Å². The van der Waals surface area contributed by atoms with Gasteiger partial charge >= 0.3 is 5.69 Å². The highest BCUT2D eigenvalue weighted by Crippen LogP contribution is 2.11. The standard InChI is InChI=1S/C14H22N4O2/c1-4-6-8-9-16-11-12(15)18(10-7-5-2)14(20)17(3)13(11)19/h1,16H,5-10,15H2,2-3H3. The Bertz CT molecular complexity index is 607. The third-order valence-corrected chi connectivity index (χ3v) is 3.12. The van der Waals surface area contributed by atoms with Crippen molar-refractivity contribution in [3.8, 4) is 12.3 Å². The molecule has 0 aliphatic heterocycles. The van der Waals surface area contributed by atoms with Gasteiger partial charge in [-0.05, 0) is 12.8 Å². The summed E-state index contributed by atoms with van der Waals surface area (Å²) in [7, 11) is 1.46. The van der Waals surface area contributed by atoms with Gasteiger partial charge < -0.3 is 11.1 Å². The molecule has 0 spiro atoms. The van der Waals surface area contributed by atoms with Gasteiger partial charge in [-0.15, -0.1) is 12.3 Å². The Labute approximate surface area is 118 Å². The molecular formula is C14H22N4O2. The van der Waals surface area contributed by atoms with Crippen LogP contribution in [0.4, 0.5) is 11.5 Å². The Morgan fingerprint density at radius 2 is 2.05 bits per heavy atom. The van der Waals surface area contributed by atoms with Crippen molar-refractivity contribution >= 4 is 11.5 Å². The molecule has 0 radical (unpaired) electrons. The van der Waals surface area contributed by atoms with Crippen LogP contribution < -0.4 is 22.3 Å². The number of terminal acetylenes is 1. The second kappa shape index (κ2) is 7.43. The zero-order valence-corrected chi connectivity index (χ0v) is 12.1. The second-order valence-electron chi connectivity index (χ2n) is 4.65. The minimum absolute atomic E-state index is 0.201. The number of nitrogens with one attached hydrogen (secondary N) is 1. The van der Waals surface area contributed by atoms with Crippen molar-refractivity contribution < 1.29 is 0 Å². The highest BCUT2D eigenvalue weighted by molar-refractivity contribution is 5.60. The molecule has 110 valence electrons. The molecule has 0 saturated heterocycles. The summed E-state index contributed by atoms with van der Waals surface area (Å²) >= 11 is 0. The van der Waals surface area contributed by atoms with E-state index in [1.807, 2.05) is 6.92 Å². The molecular weight excluding hydrogens is 256 g/mol. The van der Waals surface area contributed by atoms with Crippen LogP contribution in [0.5, 0.6) is 0 Å². The van der Waals surface area contributed by atoms with Crippen LogP contribution in [-0.4, -0.2) is 15.7 Å². The van der Waals surface area contributed by atoms with E-state index in [0.29, 0.717) is 19.5 Å². The Kier molecular flexibility index (Phi) is 5.91. The Morgan fingerprint density at radius 1 is 1.35 bits per heavy atom. The molecule has 0 atom stereocenters. The van der Waals surface area contributed by atoms with Crippen LogP contribution in [0.25, 0.3) is 0 Å². The van der Waals surface area contributed by atoms with Gasteiger partial charge in [0.1, 0.15) is 11.5 Å². The molecule has 20 heavy (non-hydrogen) atoms. The van der Waals surface area contributed by atoms with Crippen LogP contribution in [0, 0.1) is 12.3 Å². The summed E-state index contributed by atoms with van der Waals surface area (Å²) in [6.07, 6.45) is 8.32. The zero-order chi connectivity index (χ0) is 15.1. The molecule has 0 unspecified atom stereocenters. The Morgan fingerprint density at radius 3 is 2.65 bits per heavy atom. The van der Waals surface area contributed by atoms with Crippen molar-refractivity contribution in [3.63, 3.8) is 0 Å². The molecule has 0 bridgehead atoms. The number of hydrogen-bond acceptors (Lipinski definition) is 4. The van der Waals surface area contributed by atoms with Gasteiger partial charge in [-0.25, -0.2) is 4.79 Å². The summed E-state index contributed by atoms with van der Waals surface area (Å²) in [6.45, 7) is 3.09. The van der Waals surface area contributed by atoms with Crippen LogP contribution in [0.1, 0.15) is 32.6 Å². The summed E-state index contributed by atoms with van der Waals surface area (Å²) in [5.41, 5.74) is 5.45. The Balaban J connectivity index is 3.10. The summed E-state index contributed by atoms with van der Waals surface area (Å²) in [4.78, 5) is 24.1. The van der Waals surface area contributed by atoms with Crippen molar-refractivity contribution in [3.05, 3.63) is 20.8 Å². The average molecular weight is 278 g/mol. The van der Waals surface area contributed by atoms with Gasteiger partial charge in [-0.1, -0.05) is 13.3 Å². The lowest BCUT2D eigenvalue weighted by Crippen LogP contribution is -2.40. The smallest absolute Gasteiger partial charge is 0.332 e. The topological polar surface area (TPSA) is 82.0 Å². The minimum atomic E-state index is -0.402. The van der Waals surface area contributed by atoms with Gasteiger partial charge in [0.25, 0.3) is 5.56 Å². The monoisotopic (exact) mass is 278 g/mol. The first-order valence-electron chi connectivity index (χ1n) is 6.81. The van der Waals surface area contributed by atoms with E-state index in [2.05, 4.69) is 11.2 Å². The number of nitrogens with two attached hydrogens (primary N) is 1. The number of nitrogen functional groups attached to an aromatic ring is 1. The van der Waals surface area contributed by atoms with E-state index >= 15 is 0 Å². The largest absolute Gasteiger partial charge is 0.383 e. The number of unbranched alkanes of at least 4 members (excludes halogenated alkanes) is 2. The van der Waals surface area contributed by atoms with Crippen LogP contribution in [0.3, 0.4) is 0 Å². The number of aromatic nitrogens is 2. The van der Waals surface area contributed by atoms with E-state index in [-0.39, 0.29) is 17.2 Å². The first kappa shape index (κ1) is 15.9. The predicted octanol–water partition coefficient (Wildman–Crippen LogP) is 0.755. The van der Waals surface area contributed by atoms with Gasteiger partial charge in [0.05, 0.1) is 0 Å². The van der Waals surface area contributed by atoms with Crippen LogP contribution >= 0.6 is 0 Å². The minimum Gasteiger partial charge on any atom is -0.383 e. The molecule has 3 N–H and O–H groups in total. The van der Waals surface area contributed by atoms with Gasteiger partial charge in [0.2, 0.25) is 0 Å². The molecule has 6 nitrogen and oxygen atoms in total. The van der Waals surface area contributed by atoms with Gasteiger partial charge in [0.15, 0.2) is 0 Å². The highest BCUT2D eigenvalue weighted by atomic mass is 16.2. The van der Waals surface area contributed by atoms with Crippen molar-refractivity contribution in [1.29, 1.82) is 0 Å². The van der Waals surface area contributed by atoms with Crippen molar-refractivity contribution in [2.24, 2.45) is 7.05 Å². The van der Waals surface area contributed by atoms with E-state index in [9.17, 15) is 9.59 Å². The molecule has 0 amide bonds. The third kappa shape index (κ3) is 3.44. The van der Waals surface area contributed by atoms with Crippen LogP contribution in [0.2, 0.25) is 0 Å². The molecule has 0 aliphatic rings. The fourth-order valence-electron chi connectivity index (χ4n) is 1.89. The zero-order valence-electron chi connectivity index (χ0n) is 12.1. The number of hydrogen-bond donors (Lipinski definition) is 2. The van der Waals surface area contributed by atoms with E-state index < -0.39 is 5.56 Å². The van der Waals surface area contributed by atoms with Crippen molar-refractivity contribution in [2.45, 2.75) is 39.2 Å². The average Bonchev–Trinajstić information content (AvgIpc) is 2.44. The first-order chi connectivity index (χ1) is 9.54. The lowest BCUT2D eigenvalue weighted by Gasteiger charge is -2.15.